The summed E-state index contributed by atoms with van der Waals surface area (Å²) in [7, 11) is 0. The Labute approximate surface area is 87.7 Å². The fourth-order valence-corrected chi connectivity index (χ4v) is 2.60. The number of likely N-dealkylation sites (tertiary alicyclic amines) is 1. The molecule has 2 heteroatoms. The van der Waals surface area contributed by atoms with Gasteiger partial charge in [0.1, 0.15) is 5.78 Å². The Morgan fingerprint density at radius 1 is 1.50 bits per heavy atom. The second-order valence-corrected chi connectivity index (χ2v) is 4.80. The third-order valence-corrected chi connectivity index (χ3v) is 3.35. The summed E-state index contributed by atoms with van der Waals surface area (Å²) in [6, 6.07) is 1.10. The van der Waals surface area contributed by atoms with Crippen molar-refractivity contribution < 1.29 is 4.79 Å². The van der Waals surface area contributed by atoms with Crippen LogP contribution in [0.5, 0.6) is 0 Å². The molecular formula is C12H23NO. The minimum Gasteiger partial charge on any atom is -0.300 e. The molecule has 0 N–H and O–H groups in total. The topological polar surface area (TPSA) is 20.3 Å². The fraction of sp³-hybridized carbons (Fsp3) is 0.917. The van der Waals surface area contributed by atoms with Crippen LogP contribution in [-0.2, 0) is 4.79 Å². The van der Waals surface area contributed by atoms with Crippen molar-refractivity contribution in [1.29, 1.82) is 0 Å². The monoisotopic (exact) mass is 197 g/mol. The highest BCUT2D eigenvalue weighted by molar-refractivity contribution is 5.79. The Hall–Kier alpha value is -0.370. The molecule has 0 amide bonds. The quantitative estimate of drug-likeness (QED) is 0.692. The molecule has 0 saturated carbocycles. The van der Waals surface area contributed by atoms with Gasteiger partial charge in [0.2, 0.25) is 0 Å². The van der Waals surface area contributed by atoms with E-state index in [1.807, 2.05) is 0 Å². The van der Waals surface area contributed by atoms with E-state index in [0.717, 1.165) is 19.4 Å². The molecule has 1 heterocycles. The molecule has 1 aliphatic rings. The molecule has 0 aromatic rings. The smallest absolute Gasteiger partial charge is 0.135 e. The molecule has 1 aliphatic heterocycles. The number of carbonyl (C=O) groups excluding carboxylic acids is 1. The summed E-state index contributed by atoms with van der Waals surface area (Å²) < 4.78 is 0. The largest absolute Gasteiger partial charge is 0.300 e. The zero-order chi connectivity index (χ0) is 10.7. The molecule has 0 bridgehead atoms. The molecule has 14 heavy (non-hydrogen) atoms. The summed E-state index contributed by atoms with van der Waals surface area (Å²) in [5.41, 5.74) is 0. The Kier molecular flexibility index (Phi) is 4.11. The summed E-state index contributed by atoms with van der Waals surface area (Å²) in [4.78, 5) is 13.8. The average molecular weight is 197 g/mol. The second-order valence-electron chi connectivity index (χ2n) is 4.80. The number of carbonyl (C=O) groups is 1. The fourth-order valence-electron chi connectivity index (χ4n) is 2.60. The van der Waals surface area contributed by atoms with E-state index < -0.39 is 0 Å². The number of hydrogen-bond acceptors (Lipinski definition) is 2. The second kappa shape index (κ2) is 4.92. The van der Waals surface area contributed by atoms with Gasteiger partial charge in [0, 0.05) is 31.5 Å². The number of piperidine rings is 1. The van der Waals surface area contributed by atoms with Crippen LogP contribution in [-0.4, -0.2) is 29.3 Å². The molecular weight excluding hydrogens is 174 g/mol. The van der Waals surface area contributed by atoms with E-state index in [4.69, 9.17) is 0 Å². The van der Waals surface area contributed by atoms with Crippen molar-refractivity contribution in [3.63, 3.8) is 0 Å². The summed E-state index contributed by atoms with van der Waals surface area (Å²) in [6.07, 6.45) is 2.70. The normalized spacial score (nSPS) is 26.9. The Balaban J connectivity index is 2.61. The van der Waals surface area contributed by atoms with Crippen molar-refractivity contribution in [2.24, 2.45) is 5.92 Å². The zero-order valence-corrected chi connectivity index (χ0v) is 9.92. The van der Waals surface area contributed by atoms with Crippen molar-refractivity contribution in [2.45, 2.75) is 59.0 Å². The van der Waals surface area contributed by atoms with Gasteiger partial charge in [-0.3, -0.25) is 9.69 Å². The van der Waals surface area contributed by atoms with Gasteiger partial charge in [0.15, 0.2) is 0 Å². The van der Waals surface area contributed by atoms with Crippen molar-refractivity contribution in [2.75, 3.05) is 6.54 Å². The highest BCUT2D eigenvalue weighted by Crippen LogP contribution is 2.22. The van der Waals surface area contributed by atoms with Gasteiger partial charge >= 0.3 is 0 Å². The number of hydrogen-bond donors (Lipinski definition) is 0. The van der Waals surface area contributed by atoms with Crippen LogP contribution in [0.3, 0.4) is 0 Å². The third-order valence-electron chi connectivity index (χ3n) is 3.35. The van der Waals surface area contributed by atoms with Crippen LogP contribution >= 0.6 is 0 Å². The predicted molar refractivity (Wildman–Crippen MR) is 59.3 cm³/mol. The van der Waals surface area contributed by atoms with Crippen LogP contribution in [0.15, 0.2) is 0 Å². The first-order valence-electron chi connectivity index (χ1n) is 5.83. The minimum absolute atomic E-state index is 0.437. The van der Waals surface area contributed by atoms with E-state index in [1.54, 1.807) is 0 Å². The van der Waals surface area contributed by atoms with Crippen LogP contribution in [0.2, 0.25) is 0 Å². The standard InChI is InChI=1S/C12H23NO/c1-5-12(9(2)3)13-7-6-11(14)8-10(13)4/h9-10,12H,5-8H2,1-4H3. The number of Topliss-reactive ketones (excluding diaryl/α,β-unsaturated/α-hetero) is 1. The Morgan fingerprint density at radius 2 is 2.14 bits per heavy atom. The summed E-state index contributed by atoms with van der Waals surface area (Å²) >= 11 is 0. The lowest BCUT2D eigenvalue weighted by Crippen LogP contribution is -2.49. The summed E-state index contributed by atoms with van der Waals surface area (Å²) in [5.74, 6) is 1.13. The molecule has 0 radical (unpaired) electrons. The van der Waals surface area contributed by atoms with E-state index >= 15 is 0 Å². The molecule has 1 fully saturated rings. The maximum atomic E-state index is 11.3. The summed E-state index contributed by atoms with van der Waals surface area (Å²) in [6.45, 7) is 9.95. The van der Waals surface area contributed by atoms with Gasteiger partial charge in [-0.25, -0.2) is 0 Å². The predicted octanol–water partition coefficient (Wildman–Crippen LogP) is 2.47. The lowest BCUT2D eigenvalue weighted by Gasteiger charge is -2.40. The lowest BCUT2D eigenvalue weighted by atomic mass is 9.93. The van der Waals surface area contributed by atoms with Crippen LogP contribution in [0.4, 0.5) is 0 Å². The first kappa shape index (κ1) is 11.7. The van der Waals surface area contributed by atoms with Crippen LogP contribution < -0.4 is 0 Å². The Bertz CT molecular complexity index is 200. The maximum absolute atomic E-state index is 11.3. The van der Waals surface area contributed by atoms with E-state index in [2.05, 4.69) is 32.6 Å². The number of ketones is 1. The third kappa shape index (κ3) is 2.57. The van der Waals surface area contributed by atoms with Gasteiger partial charge in [0.25, 0.3) is 0 Å². The number of nitrogens with zero attached hydrogens (tertiary/aromatic N) is 1. The molecule has 2 atom stereocenters. The van der Waals surface area contributed by atoms with Gasteiger partial charge in [-0.1, -0.05) is 20.8 Å². The van der Waals surface area contributed by atoms with Gasteiger partial charge < -0.3 is 0 Å². The highest BCUT2D eigenvalue weighted by Gasteiger charge is 2.29. The van der Waals surface area contributed by atoms with Crippen molar-refractivity contribution >= 4 is 5.78 Å². The van der Waals surface area contributed by atoms with Crippen molar-refractivity contribution in [3.8, 4) is 0 Å². The lowest BCUT2D eigenvalue weighted by molar-refractivity contribution is -0.124. The van der Waals surface area contributed by atoms with E-state index in [1.165, 1.54) is 6.42 Å². The van der Waals surface area contributed by atoms with Crippen LogP contribution in [0, 0.1) is 5.92 Å². The molecule has 1 saturated heterocycles. The molecule has 0 aromatic heterocycles. The van der Waals surface area contributed by atoms with Gasteiger partial charge in [-0.15, -0.1) is 0 Å². The highest BCUT2D eigenvalue weighted by atomic mass is 16.1. The zero-order valence-electron chi connectivity index (χ0n) is 9.92. The molecule has 2 unspecified atom stereocenters. The number of rotatable bonds is 3. The molecule has 0 aromatic carbocycles. The van der Waals surface area contributed by atoms with Gasteiger partial charge in [-0.2, -0.15) is 0 Å². The average Bonchev–Trinajstić information content (AvgIpc) is 2.09. The molecule has 1 rings (SSSR count). The van der Waals surface area contributed by atoms with E-state index in [9.17, 15) is 4.79 Å². The van der Waals surface area contributed by atoms with Gasteiger partial charge in [-0.05, 0) is 19.3 Å². The van der Waals surface area contributed by atoms with Crippen molar-refractivity contribution in [1.82, 2.24) is 4.90 Å². The molecule has 0 aliphatic carbocycles. The van der Waals surface area contributed by atoms with Crippen LogP contribution in [0.25, 0.3) is 0 Å². The molecule has 82 valence electrons. The van der Waals surface area contributed by atoms with Crippen molar-refractivity contribution in [3.05, 3.63) is 0 Å². The molecule has 0 spiro atoms. The van der Waals surface area contributed by atoms with Gasteiger partial charge in [0.05, 0.1) is 0 Å². The molecule has 2 nitrogen and oxygen atoms in total. The van der Waals surface area contributed by atoms with E-state index in [-0.39, 0.29) is 0 Å². The van der Waals surface area contributed by atoms with Crippen LogP contribution in [0.1, 0.15) is 47.0 Å². The Morgan fingerprint density at radius 3 is 2.57 bits per heavy atom. The van der Waals surface area contributed by atoms with E-state index in [0.29, 0.717) is 23.8 Å². The summed E-state index contributed by atoms with van der Waals surface area (Å²) in [5, 5.41) is 0. The maximum Gasteiger partial charge on any atom is 0.135 e. The minimum atomic E-state index is 0.437. The SMILES string of the molecule is CCC(C(C)C)N1CCC(=O)CC1C. The first-order valence-corrected chi connectivity index (χ1v) is 5.83. The first-order chi connectivity index (χ1) is 6.56.